The molecule has 7 heteroatoms. The molecule has 0 bridgehead atoms. The first-order chi connectivity index (χ1) is 10.00. The first-order valence-electron chi connectivity index (χ1n) is 7.35. The first kappa shape index (κ1) is 16.2. The van der Waals surface area contributed by atoms with Crippen molar-refractivity contribution in [2.24, 2.45) is 0 Å². The van der Waals surface area contributed by atoms with Crippen molar-refractivity contribution in [2.45, 2.75) is 45.1 Å². The Hall–Kier alpha value is -1.14. The molecule has 0 amide bonds. The van der Waals surface area contributed by atoms with Crippen LogP contribution in [0.3, 0.4) is 0 Å². The maximum Gasteiger partial charge on any atom is 0.322 e. The molecule has 1 fully saturated rings. The van der Waals surface area contributed by atoms with Crippen LogP contribution in [0.15, 0.2) is 0 Å². The Bertz CT molecular complexity index is 464. The molecule has 21 heavy (non-hydrogen) atoms. The van der Waals surface area contributed by atoms with Crippen molar-refractivity contribution in [1.29, 1.82) is 0 Å². The van der Waals surface area contributed by atoms with E-state index < -0.39 is 0 Å². The zero-order chi connectivity index (χ0) is 15.3. The van der Waals surface area contributed by atoms with Gasteiger partial charge in [0.2, 0.25) is 11.2 Å². The van der Waals surface area contributed by atoms with E-state index in [0.29, 0.717) is 12.6 Å². The number of hydrogen-bond donors (Lipinski definition) is 0. The summed E-state index contributed by atoms with van der Waals surface area (Å²) in [5.41, 5.74) is -0.230. The lowest BCUT2D eigenvalue weighted by molar-refractivity contribution is 0.00466. The van der Waals surface area contributed by atoms with Crippen LogP contribution in [0.5, 0.6) is 6.01 Å². The zero-order valence-electron chi connectivity index (χ0n) is 12.9. The second kappa shape index (κ2) is 7.22. The van der Waals surface area contributed by atoms with E-state index >= 15 is 0 Å². The van der Waals surface area contributed by atoms with Crippen LogP contribution < -0.4 is 9.64 Å². The normalized spacial score (nSPS) is 16.1. The Morgan fingerprint density at radius 1 is 1.14 bits per heavy atom. The van der Waals surface area contributed by atoms with Crippen LogP contribution in [0.25, 0.3) is 0 Å². The number of halogens is 1. The largest absolute Gasteiger partial charge is 0.463 e. The van der Waals surface area contributed by atoms with Crippen molar-refractivity contribution in [3.63, 3.8) is 0 Å². The van der Waals surface area contributed by atoms with E-state index in [1.54, 1.807) is 7.11 Å². The van der Waals surface area contributed by atoms with E-state index in [-0.39, 0.29) is 16.9 Å². The van der Waals surface area contributed by atoms with Crippen LogP contribution in [0, 0.1) is 0 Å². The number of nitrogens with zero attached hydrogens (tertiary/aromatic N) is 4. The monoisotopic (exact) mass is 314 g/mol. The Morgan fingerprint density at radius 3 is 2.52 bits per heavy atom. The molecule has 0 atom stereocenters. The third-order valence-electron chi connectivity index (χ3n) is 3.70. The molecular weight excluding hydrogens is 292 g/mol. The van der Waals surface area contributed by atoms with Crippen LogP contribution in [0.1, 0.15) is 39.5 Å². The van der Waals surface area contributed by atoms with E-state index in [1.165, 1.54) is 6.42 Å². The van der Waals surface area contributed by atoms with E-state index in [9.17, 15) is 0 Å². The first-order valence-corrected chi connectivity index (χ1v) is 7.72. The quantitative estimate of drug-likeness (QED) is 0.804. The fourth-order valence-electron chi connectivity index (χ4n) is 2.11. The molecular formula is C14H23ClN4O2. The summed E-state index contributed by atoms with van der Waals surface area (Å²) < 4.78 is 11.0. The molecule has 0 saturated carbocycles. The molecule has 6 nitrogen and oxygen atoms in total. The Labute approximate surface area is 130 Å². The standard InChI is InChI=1S/C14H23ClN4O2/c1-14(2,20-3)7-10-21-13-17-11(15)16-12(18-13)19-8-5-4-6-9-19/h4-10H2,1-3H3. The molecule has 0 spiro atoms. The highest BCUT2D eigenvalue weighted by atomic mass is 35.5. The minimum Gasteiger partial charge on any atom is -0.463 e. The summed E-state index contributed by atoms with van der Waals surface area (Å²) in [5.74, 6) is 0.607. The molecule has 2 heterocycles. The molecule has 2 rings (SSSR count). The summed E-state index contributed by atoms with van der Waals surface area (Å²) in [6, 6.07) is 0.280. The predicted molar refractivity (Wildman–Crippen MR) is 82.1 cm³/mol. The second-order valence-electron chi connectivity index (χ2n) is 5.80. The van der Waals surface area contributed by atoms with Crippen molar-refractivity contribution in [3.05, 3.63) is 5.28 Å². The average molecular weight is 315 g/mol. The molecule has 118 valence electrons. The van der Waals surface area contributed by atoms with Crippen molar-refractivity contribution in [2.75, 3.05) is 31.7 Å². The van der Waals surface area contributed by atoms with Gasteiger partial charge in [-0.15, -0.1) is 0 Å². The topological polar surface area (TPSA) is 60.4 Å². The molecule has 1 aromatic rings. The van der Waals surface area contributed by atoms with Gasteiger partial charge in [-0.25, -0.2) is 0 Å². The maximum atomic E-state index is 5.97. The van der Waals surface area contributed by atoms with Crippen molar-refractivity contribution in [1.82, 2.24) is 15.0 Å². The van der Waals surface area contributed by atoms with Gasteiger partial charge < -0.3 is 14.4 Å². The number of ether oxygens (including phenoxy) is 2. The predicted octanol–water partition coefficient (Wildman–Crippen LogP) is 2.71. The lowest BCUT2D eigenvalue weighted by Gasteiger charge is -2.26. The number of aromatic nitrogens is 3. The van der Waals surface area contributed by atoms with Crippen LogP contribution >= 0.6 is 11.6 Å². The van der Waals surface area contributed by atoms with Crippen molar-refractivity contribution >= 4 is 17.5 Å². The van der Waals surface area contributed by atoms with Gasteiger partial charge in [-0.1, -0.05) is 0 Å². The molecule has 1 aliphatic heterocycles. The van der Waals surface area contributed by atoms with Gasteiger partial charge in [0.1, 0.15) is 0 Å². The number of rotatable bonds is 6. The summed E-state index contributed by atoms with van der Waals surface area (Å²) in [6.45, 7) is 6.40. The number of hydrogen-bond acceptors (Lipinski definition) is 6. The van der Waals surface area contributed by atoms with E-state index in [2.05, 4.69) is 19.9 Å². The maximum absolute atomic E-state index is 5.97. The Kier molecular flexibility index (Phi) is 5.58. The molecule has 0 aromatic carbocycles. The van der Waals surface area contributed by atoms with Gasteiger partial charge in [0.15, 0.2) is 0 Å². The van der Waals surface area contributed by atoms with Gasteiger partial charge in [-0.2, -0.15) is 15.0 Å². The van der Waals surface area contributed by atoms with Gasteiger partial charge in [0, 0.05) is 26.6 Å². The minimum absolute atomic E-state index is 0.173. The van der Waals surface area contributed by atoms with Gasteiger partial charge in [-0.3, -0.25) is 0 Å². The summed E-state index contributed by atoms with van der Waals surface area (Å²) in [7, 11) is 1.69. The Balaban J connectivity index is 1.98. The third-order valence-corrected chi connectivity index (χ3v) is 3.87. The molecule has 0 radical (unpaired) electrons. The molecule has 0 N–H and O–H groups in total. The van der Waals surface area contributed by atoms with E-state index in [1.807, 2.05) is 13.8 Å². The average Bonchev–Trinajstić information content (AvgIpc) is 2.47. The third kappa shape index (κ3) is 4.97. The SMILES string of the molecule is COC(C)(C)CCOc1nc(Cl)nc(N2CCCCC2)n1. The number of anilines is 1. The number of methoxy groups -OCH3 is 1. The molecule has 1 saturated heterocycles. The fourth-order valence-corrected chi connectivity index (χ4v) is 2.26. The lowest BCUT2D eigenvalue weighted by atomic mass is 10.1. The highest BCUT2D eigenvalue weighted by molar-refractivity contribution is 6.28. The van der Waals surface area contributed by atoms with Crippen LogP contribution in [0.2, 0.25) is 5.28 Å². The van der Waals surface area contributed by atoms with E-state index in [4.69, 9.17) is 21.1 Å². The molecule has 0 unspecified atom stereocenters. The molecule has 1 aliphatic rings. The van der Waals surface area contributed by atoms with E-state index in [0.717, 1.165) is 32.4 Å². The van der Waals surface area contributed by atoms with Crippen LogP contribution in [-0.4, -0.2) is 47.4 Å². The second-order valence-corrected chi connectivity index (χ2v) is 6.14. The highest BCUT2D eigenvalue weighted by Crippen LogP contribution is 2.20. The summed E-state index contributed by atoms with van der Waals surface area (Å²) >= 11 is 5.97. The molecule has 0 aliphatic carbocycles. The Morgan fingerprint density at radius 2 is 1.86 bits per heavy atom. The lowest BCUT2D eigenvalue weighted by Crippen LogP contribution is -2.31. The zero-order valence-corrected chi connectivity index (χ0v) is 13.7. The van der Waals surface area contributed by atoms with Gasteiger partial charge in [0.25, 0.3) is 0 Å². The summed E-state index contributed by atoms with van der Waals surface area (Å²) in [4.78, 5) is 14.7. The van der Waals surface area contributed by atoms with Crippen molar-refractivity contribution in [3.8, 4) is 6.01 Å². The van der Waals surface area contributed by atoms with Gasteiger partial charge in [-0.05, 0) is 44.7 Å². The van der Waals surface area contributed by atoms with Gasteiger partial charge >= 0.3 is 6.01 Å². The number of piperidine rings is 1. The van der Waals surface area contributed by atoms with Crippen LogP contribution in [0.4, 0.5) is 5.95 Å². The van der Waals surface area contributed by atoms with Crippen LogP contribution in [-0.2, 0) is 4.74 Å². The van der Waals surface area contributed by atoms with Gasteiger partial charge in [0.05, 0.1) is 12.2 Å². The highest BCUT2D eigenvalue weighted by Gasteiger charge is 2.18. The minimum atomic E-state index is -0.230. The fraction of sp³-hybridized carbons (Fsp3) is 0.786. The van der Waals surface area contributed by atoms with Crippen molar-refractivity contribution < 1.29 is 9.47 Å². The molecule has 1 aromatic heterocycles. The summed E-state index contributed by atoms with van der Waals surface area (Å²) in [5, 5.41) is 0.173. The summed E-state index contributed by atoms with van der Waals surface area (Å²) in [6.07, 6.45) is 4.31. The smallest absolute Gasteiger partial charge is 0.322 e.